The summed E-state index contributed by atoms with van der Waals surface area (Å²) in [4.78, 5) is 44.3. The fourth-order valence-electron chi connectivity index (χ4n) is 3.23. The molecule has 3 heterocycles. The number of amides is 2. The summed E-state index contributed by atoms with van der Waals surface area (Å²) in [7, 11) is 5.46. The third-order valence-corrected chi connectivity index (χ3v) is 4.97. The minimum atomic E-state index is -0.463. The number of H-pyrrole nitrogens is 1. The van der Waals surface area contributed by atoms with Crippen LogP contribution in [-0.2, 0) is 4.79 Å². The Morgan fingerprint density at radius 3 is 2.81 bits per heavy atom. The van der Waals surface area contributed by atoms with Crippen molar-refractivity contribution in [2.24, 2.45) is 0 Å². The number of nitrogens with zero attached hydrogens (tertiary/aromatic N) is 5. The highest BCUT2D eigenvalue weighted by Gasteiger charge is 2.32. The van der Waals surface area contributed by atoms with E-state index >= 15 is 0 Å². The van der Waals surface area contributed by atoms with Crippen molar-refractivity contribution in [3.63, 3.8) is 0 Å². The number of hydrogen-bond acceptors (Lipinski definition) is 6. The monoisotopic (exact) mass is 361 g/mol. The Labute approximate surface area is 150 Å². The zero-order valence-corrected chi connectivity index (χ0v) is 15.1. The standard InChI is InChI=1S/C16H23N7O3/c1-21(2)13(24)6-10-4-5-11(22(10)3)7-17-14(25)12-8-18-16-20-19-9-23(16)15(12)26/h8-11H,4-7H2,1-3H3,(H,17,25)(H,18,20)/t10-,11+/m1/s1. The maximum atomic E-state index is 12.4. The SMILES string of the molecule is CN(C)C(=O)C[C@H]1CC[C@@H](CNC(=O)c2cnc3[nH]ncn3c2=O)N1C. The smallest absolute Gasteiger partial charge is 0.273 e. The van der Waals surface area contributed by atoms with Crippen LogP contribution in [0.2, 0.25) is 0 Å². The molecular weight excluding hydrogens is 338 g/mol. The lowest BCUT2D eigenvalue weighted by molar-refractivity contribution is -0.129. The first-order valence-corrected chi connectivity index (χ1v) is 8.49. The van der Waals surface area contributed by atoms with Gasteiger partial charge in [-0.1, -0.05) is 0 Å². The van der Waals surface area contributed by atoms with E-state index < -0.39 is 11.5 Å². The van der Waals surface area contributed by atoms with Gasteiger partial charge in [0, 0.05) is 45.3 Å². The van der Waals surface area contributed by atoms with Gasteiger partial charge in [-0.3, -0.25) is 19.3 Å². The first-order chi connectivity index (χ1) is 12.4. The molecule has 0 radical (unpaired) electrons. The Morgan fingerprint density at radius 2 is 2.08 bits per heavy atom. The number of likely N-dealkylation sites (N-methyl/N-ethyl adjacent to an activating group) is 1. The first kappa shape index (κ1) is 18.1. The summed E-state index contributed by atoms with van der Waals surface area (Å²) in [6, 6.07) is 0.300. The lowest BCUT2D eigenvalue weighted by Crippen LogP contribution is -2.43. The Balaban J connectivity index is 1.60. The molecule has 140 valence electrons. The molecule has 2 amide bonds. The lowest BCUT2D eigenvalue weighted by Gasteiger charge is -2.26. The van der Waals surface area contributed by atoms with Gasteiger partial charge in [0.05, 0.1) is 0 Å². The number of likely N-dealkylation sites (tertiary alicyclic amines) is 1. The van der Waals surface area contributed by atoms with Gasteiger partial charge < -0.3 is 10.2 Å². The summed E-state index contributed by atoms with van der Waals surface area (Å²) in [5, 5.41) is 9.11. The maximum Gasteiger partial charge on any atom is 0.273 e. The fourth-order valence-corrected chi connectivity index (χ4v) is 3.23. The van der Waals surface area contributed by atoms with Crippen LogP contribution < -0.4 is 10.9 Å². The van der Waals surface area contributed by atoms with Crippen molar-refractivity contribution in [3.8, 4) is 0 Å². The third kappa shape index (κ3) is 3.45. The average molecular weight is 361 g/mol. The zero-order chi connectivity index (χ0) is 18.8. The number of rotatable bonds is 5. The van der Waals surface area contributed by atoms with Crippen molar-refractivity contribution in [2.75, 3.05) is 27.7 Å². The fraction of sp³-hybridized carbons (Fsp3) is 0.562. The van der Waals surface area contributed by atoms with Crippen molar-refractivity contribution < 1.29 is 9.59 Å². The Kier molecular flexibility index (Phi) is 5.03. The van der Waals surface area contributed by atoms with E-state index in [1.54, 1.807) is 19.0 Å². The first-order valence-electron chi connectivity index (χ1n) is 8.49. The Bertz CT molecular complexity index is 872. The molecule has 0 saturated carbocycles. The number of carbonyl (C=O) groups is 2. The molecule has 10 heteroatoms. The number of aromatic nitrogens is 4. The average Bonchev–Trinajstić information content (AvgIpc) is 3.21. The van der Waals surface area contributed by atoms with Crippen LogP contribution in [-0.4, -0.2) is 81.0 Å². The highest BCUT2D eigenvalue weighted by atomic mass is 16.2. The summed E-state index contributed by atoms with van der Waals surface area (Å²) in [6.07, 6.45) is 4.80. The van der Waals surface area contributed by atoms with E-state index in [4.69, 9.17) is 0 Å². The molecule has 3 rings (SSSR count). The third-order valence-electron chi connectivity index (χ3n) is 4.97. The minimum absolute atomic E-state index is 0.0242. The van der Waals surface area contributed by atoms with Crippen molar-refractivity contribution in [3.05, 3.63) is 28.4 Å². The summed E-state index contributed by atoms with van der Waals surface area (Å²) < 4.78 is 1.19. The van der Waals surface area contributed by atoms with E-state index in [0.29, 0.717) is 13.0 Å². The van der Waals surface area contributed by atoms with Crippen molar-refractivity contribution >= 4 is 17.6 Å². The molecule has 1 aliphatic heterocycles. The molecule has 2 N–H and O–H groups in total. The number of carbonyl (C=O) groups excluding carboxylic acids is 2. The Hall–Kier alpha value is -2.75. The van der Waals surface area contributed by atoms with Gasteiger partial charge in [0.25, 0.3) is 11.5 Å². The minimum Gasteiger partial charge on any atom is -0.350 e. The van der Waals surface area contributed by atoms with E-state index in [2.05, 4.69) is 25.4 Å². The summed E-state index contributed by atoms with van der Waals surface area (Å²) in [5.41, 5.74) is -0.487. The van der Waals surface area contributed by atoms with E-state index in [9.17, 15) is 14.4 Å². The van der Waals surface area contributed by atoms with Crippen LogP contribution in [0.3, 0.4) is 0 Å². The molecule has 2 aromatic rings. The van der Waals surface area contributed by atoms with Gasteiger partial charge in [-0.2, -0.15) is 5.10 Å². The molecule has 2 atom stereocenters. The van der Waals surface area contributed by atoms with Crippen molar-refractivity contribution in [2.45, 2.75) is 31.3 Å². The topological polar surface area (TPSA) is 116 Å². The molecule has 0 spiro atoms. The Morgan fingerprint density at radius 1 is 1.35 bits per heavy atom. The molecular formula is C16H23N7O3. The molecule has 1 aliphatic rings. The second-order valence-electron chi connectivity index (χ2n) is 6.78. The van der Waals surface area contributed by atoms with E-state index in [1.807, 2.05) is 7.05 Å². The molecule has 0 unspecified atom stereocenters. The van der Waals surface area contributed by atoms with Gasteiger partial charge in [-0.15, -0.1) is 0 Å². The summed E-state index contributed by atoms with van der Waals surface area (Å²) in [6.45, 7) is 0.412. The van der Waals surface area contributed by atoms with Crippen LogP contribution in [0.1, 0.15) is 29.6 Å². The maximum absolute atomic E-state index is 12.4. The van der Waals surface area contributed by atoms with Gasteiger partial charge in [-0.25, -0.2) is 14.5 Å². The van der Waals surface area contributed by atoms with E-state index in [1.165, 1.54) is 16.9 Å². The number of fused-ring (bicyclic) bond motifs is 1. The van der Waals surface area contributed by atoms with E-state index in [-0.39, 0.29) is 29.3 Å². The van der Waals surface area contributed by atoms with Gasteiger partial charge in [0.2, 0.25) is 11.7 Å². The van der Waals surface area contributed by atoms with Crippen molar-refractivity contribution in [1.29, 1.82) is 0 Å². The second kappa shape index (κ2) is 7.24. The molecule has 1 saturated heterocycles. The quantitative estimate of drug-likeness (QED) is 0.712. The van der Waals surface area contributed by atoms with Crippen LogP contribution >= 0.6 is 0 Å². The molecule has 0 bridgehead atoms. The molecule has 0 aliphatic carbocycles. The van der Waals surface area contributed by atoms with Gasteiger partial charge in [0.15, 0.2) is 0 Å². The lowest BCUT2D eigenvalue weighted by atomic mass is 10.1. The zero-order valence-electron chi connectivity index (χ0n) is 15.1. The molecule has 2 aromatic heterocycles. The normalized spacial score (nSPS) is 20.4. The van der Waals surface area contributed by atoms with Crippen LogP contribution in [0.4, 0.5) is 0 Å². The second-order valence-corrected chi connectivity index (χ2v) is 6.78. The highest BCUT2D eigenvalue weighted by molar-refractivity contribution is 5.93. The molecule has 0 aromatic carbocycles. The summed E-state index contributed by atoms with van der Waals surface area (Å²) >= 11 is 0. The van der Waals surface area contributed by atoms with Crippen LogP contribution in [0.25, 0.3) is 5.78 Å². The van der Waals surface area contributed by atoms with E-state index in [0.717, 1.165) is 12.8 Å². The van der Waals surface area contributed by atoms with Crippen LogP contribution in [0, 0.1) is 0 Å². The molecule has 26 heavy (non-hydrogen) atoms. The molecule has 10 nitrogen and oxygen atoms in total. The summed E-state index contributed by atoms with van der Waals surface area (Å²) in [5.74, 6) is -0.0751. The van der Waals surface area contributed by atoms with Gasteiger partial charge >= 0.3 is 0 Å². The number of aromatic amines is 1. The van der Waals surface area contributed by atoms with Crippen LogP contribution in [0.15, 0.2) is 17.3 Å². The number of nitrogens with one attached hydrogen (secondary N) is 2. The predicted octanol–water partition coefficient (Wildman–Crippen LogP) is -0.911. The number of hydrogen-bond donors (Lipinski definition) is 2. The van der Waals surface area contributed by atoms with Gasteiger partial charge in [0.1, 0.15) is 11.9 Å². The highest BCUT2D eigenvalue weighted by Crippen LogP contribution is 2.24. The van der Waals surface area contributed by atoms with Crippen molar-refractivity contribution in [1.82, 2.24) is 34.7 Å². The largest absolute Gasteiger partial charge is 0.350 e. The predicted molar refractivity (Wildman–Crippen MR) is 93.8 cm³/mol. The van der Waals surface area contributed by atoms with Crippen LogP contribution in [0.5, 0.6) is 0 Å². The van der Waals surface area contributed by atoms with Gasteiger partial charge in [-0.05, 0) is 19.9 Å². The molecule has 1 fully saturated rings.